The molecule has 0 fully saturated rings. The van der Waals surface area contributed by atoms with Crippen LogP contribution in [-0.2, 0) is 22.3 Å². The first kappa shape index (κ1) is 23.1. The van der Waals surface area contributed by atoms with E-state index in [-0.39, 0.29) is 37.0 Å². The molecule has 2 aliphatic heterocycles. The van der Waals surface area contributed by atoms with Gasteiger partial charge >= 0.3 is 18.2 Å². The number of benzene rings is 2. The van der Waals surface area contributed by atoms with Crippen LogP contribution < -0.4 is 5.32 Å². The van der Waals surface area contributed by atoms with Gasteiger partial charge in [-0.05, 0) is 29.8 Å². The number of carbonyl (C=O) groups is 2. The second-order valence-corrected chi connectivity index (χ2v) is 7.89. The summed E-state index contributed by atoms with van der Waals surface area (Å²) in [5.74, 6) is -0.645. The number of amides is 3. The van der Waals surface area contributed by atoms with Crippen molar-refractivity contribution in [2.75, 3.05) is 18.4 Å². The molecule has 36 heavy (non-hydrogen) atoms. The number of hydrogen-bond acceptors (Lipinski definition) is 6. The van der Waals surface area contributed by atoms with Gasteiger partial charge in [-0.25, -0.2) is 14.5 Å². The maximum atomic E-state index is 13.3. The fraction of sp³-hybridized carbons (Fsp3) is 0.174. The molecule has 0 radical (unpaired) electrons. The first-order chi connectivity index (χ1) is 17.3. The number of nitrogens with zero attached hydrogens (tertiary/aromatic N) is 6. The zero-order chi connectivity index (χ0) is 25.3. The number of nitrogens with one attached hydrogen (secondary N) is 1. The number of fused-ring (bicyclic) bond motifs is 1. The lowest BCUT2D eigenvalue weighted by Gasteiger charge is -2.21. The summed E-state index contributed by atoms with van der Waals surface area (Å²) in [7, 11) is 0. The number of hydrogen-bond donors (Lipinski definition) is 1. The Morgan fingerprint density at radius 1 is 1.11 bits per heavy atom. The smallest absolute Gasteiger partial charge is 0.416 e. The molecular weight excluding hydrogens is 479 g/mol. The average Bonchev–Trinajstić information content (AvgIpc) is 3.50. The van der Waals surface area contributed by atoms with Gasteiger partial charge in [0.25, 0.3) is 5.91 Å². The SMILES string of the molecule is O=C(Nc1cccc(-n2cncn2)c1)C1=CN2CCN(Cc3ccccc3C(F)(F)F)C(=O)N=C2O1. The molecule has 3 aromatic rings. The van der Waals surface area contributed by atoms with E-state index in [1.807, 2.05) is 0 Å². The zero-order valence-electron chi connectivity index (χ0n) is 18.5. The van der Waals surface area contributed by atoms with Crippen molar-refractivity contribution in [2.24, 2.45) is 4.99 Å². The van der Waals surface area contributed by atoms with Crippen LogP contribution >= 0.6 is 0 Å². The Morgan fingerprint density at radius 2 is 1.94 bits per heavy atom. The lowest BCUT2D eigenvalue weighted by atomic mass is 10.1. The maximum absolute atomic E-state index is 13.3. The summed E-state index contributed by atoms with van der Waals surface area (Å²) < 4.78 is 47.0. The first-order valence-corrected chi connectivity index (χ1v) is 10.7. The lowest BCUT2D eigenvalue weighted by molar-refractivity contribution is -0.138. The maximum Gasteiger partial charge on any atom is 0.416 e. The Morgan fingerprint density at radius 3 is 2.72 bits per heavy atom. The van der Waals surface area contributed by atoms with Gasteiger partial charge in [0.1, 0.15) is 12.7 Å². The fourth-order valence-corrected chi connectivity index (χ4v) is 3.76. The monoisotopic (exact) mass is 497 g/mol. The van der Waals surface area contributed by atoms with Gasteiger partial charge in [-0.15, -0.1) is 4.99 Å². The van der Waals surface area contributed by atoms with E-state index in [1.165, 1.54) is 51.5 Å². The number of carbonyl (C=O) groups excluding carboxylic acids is 2. The second kappa shape index (κ2) is 9.17. The van der Waals surface area contributed by atoms with Gasteiger partial charge in [0.15, 0.2) is 0 Å². The third-order valence-corrected chi connectivity index (χ3v) is 5.49. The van der Waals surface area contributed by atoms with Crippen molar-refractivity contribution in [1.29, 1.82) is 0 Å². The van der Waals surface area contributed by atoms with Crippen LogP contribution in [0.5, 0.6) is 0 Å². The molecule has 0 aliphatic carbocycles. The molecule has 0 saturated heterocycles. The number of alkyl halides is 3. The fourth-order valence-electron chi connectivity index (χ4n) is 3.76. The van der Waals surface area contributed by atoms with Crippen LogP contribution in [0.2, 0.25) is 0 Å². The number of aromatic nitrogens is 3. The first-order valence-electron chi connectivity index (χ1n) is 10.7. The molecule has 0 spiro atoms. The zero-order valence-corrected chi connectivity index (χ0v) is 18.5. The largest absolute Gasteiger partial charge is 0.418 e. The van der Waals surface area contributed by atoms with Crippen LogP contribution in [0.25, 0.3) is 5.69 Å². The van der Waals surface area contributed by atoms with Crippen LogP contribution in [0.1, 0.15) is 11.1 Å². The predicted molar refractivity (Wildman–Crippen MR) is 121 cm³/mol. The van der Waals surface area contributed by atoms with Gasteiger partial charge in [0, 0.05) is 25.3 Å². The van der Waals surface area contributed by atoms with Gasteiger partial charge in [0.2, 0.25) is 5.76 Å². The molecule has 0 atom stereocenters. The van der Waals surface area contributed by atoms with E-state index >= 15 is 0 Å². The Hall–Kier alpha value is -4.68. The van der Waals surface area contributed by atoms with Crippen molar-refractivity contribution >= 4 is 23.6 Å². The Balaban J connectivity index is 1.26. The van der Waals surface area contributed by atoms with Crippen LogP contribution in [0.15, 0.2) is 78.1 Å². The molecule has 1 aromatic heterocycles. The molecule has 3 amide bonds. The van der Waals surface area contributed by atoms with Crippen molar-refractivity contribution in [3.63, 3.8) is 0 Å². The van der Waals surface area contributed by atoms with Crippen LogP contribution in [0, 0.1) is 0 Å². The Bertz CT molecular complexity index is 1370. The van der Waals surface area contributed by atoms with Gasteiger partial charge < -0.3 is 15.0 Å². The minimum atomic E-state index is -4.54. The highest BCUT2D eigenvalue weighted by molar-refractivity contribution is 6.06. The summed E-state index contributed by atoms with van der Waals surface area (Å²) in [6, 6.07) is 11.1. The minimum absolute atomic E-state index is 0.0368. The molecule has 184 valence electrons. The molecule has 0 saturated carbocycles. The minimum Gasteiger partial charge on any atom is -0.418 e. The van der Waals surface area contributed by atoms with Crippen molar-refractivity contribution in [1.82, 2.24) is 24.6 Å². The van der Waals surface area contributed by atoms with Gasteiger partial charge in [-0.1, -0.05) is 24.3 Å². The quantitative estimate of drug-likeness (QED) is 0.580. The van der Waals surface area contributed by atoms with Crippen molar-refractivity contribution in [3.8, 4) is 5.69 Å². The highest BCUT2D eigenvalue weighted by Gasteiger charge is 2.35. The van der Waals surface area contributed by atoms with Gasteiger partial charge in [-0.2, -0.15) is 18.3 Å². The number of rotatable bonds is 5. The summed E-state index contributed by atoms with van der Waals surface area (Å²) >= 11 is 0. The predicted octanol–water partition coefficient (Wildman–Crippen LogP) is 3.39. The van der Waals surface area contributed by atoms with E-state index in [2.05, 4.69) is 20.4 Å². The summed E-state index contributed by atoms with van der Waals surface area (Å²) in [6.45, 7) is -0.0115. The number of urea groups is 1. The average molecular weight is 497 g/mol. The van der Waals surface area contributed by atoms with Crippen molar-refractivity contribution < 1.29 is 27.5 Å². The van der Waals surface area contributed by atoms with E-state index in [0.29, 0.717) is 11.4 Å². The van der Waals surface area contributed by atoms with Crippen LogP contribution in [0.3, 0.4) is 0 Å². The number of anilines is 1. The number of amidine groups is 1. The number of aliphatic imine (C=N–C) groups is 1. The van der Waals surface area contributed by atoms with Crippen molar-refractivity contribution in [3.05, 3.63) is 84.3 Å². The summed E-state index contributed by atoms with van der Waals surface area (Å²) in [4.78, 5) is 35.8. The molecule has 0 bridgehead atoms. The molecule has 2 aliphatic rings. The third-order valence-electron chi connectivity index (χ3n) is 5.49. The highest BCUT2D eigenvalue weighted by atomic mass is 19.4. The summed E-state index contributed by atoms with van der Waals surface area (Å²) in [6.07, 6.45) is -0.236. The number of halogens is 3. The van der Waals surface area contributed by atoms with Crippen LogP contribution in [-0.4, -0.2) is 55.6 Å². The van der Waals surface area contributed by atoms with Crippen LogP contribution in [0.4, 0.5) is 23.7 Å². The van der Waals surface area contributed by atoms with Crippen molar-refractivity contribution in [2.45, 2.75) is 12.7 Å². The van der Waals surface area contributed by atoms with E-state index in [4.69, 9.17) is 4.74 Å². The van der Waals surface area contributed by atoms with Gasteiger partial charge in [-0.3, -0.25) is 9.69 Å². The van der Waals surface area contributed by atoms with Gasteiger partial charge in [0.05, 0.1) is 17.5 Å². The van der Waals surface area contributed by atoms with E-state index in [0.717, 1.165) is 6.07 Å². The highest BCUT2D eigenvalue weighted by Crippen LogP contribution is 2.32. The second-order valence-electron chi connectivity index (χ2n) is 7.89. The molecule has 2 aromatic carbocycles. The summed E-state index contributed by atoms with van der Waals surface area (Å²) in [5, 5.41) is 6.75. The number of ether oxygens (including phenoxy) is 1. The molecule has 5 rings (SSSR count). The van der Waals surface area contributed by atoms with E-state index < -0.39 is 23.7 Å². The van der Waals surface area contributed by atoms with E-state index in [9.17, 15) is 22.8 Å². The van der Waals surface area contributed by atoms with E-state index in [1.54, 1.807) is 24.3 Å². The third kappa shape index (κ3) is 4.76. The topological polar surface area (TPSA) is 105 Å². The molecule has 0 unspecified atom stereocenters. The summed E-state index contributed by atoms with van der Waals surface area (Å²) in [5.41, 5.74) is 0.318. The molecular formula is C23H18F3N7O3. The standard InChI is InChI=1S/C23H18F3N7O3/c24-23(25,26)18-7-2-1-4-15(18)11-31-8-9-32-12-19(36-22(32)30-21(31)35)20(34)29-16-5-3-6-17(10-16)33-14-27-13-28-33/h1-7,10,12-14H,8-9,11H2,(H,29,34). The Kier molecular flexibility index (Phi) is 5.88. The lowest BCUT2D eigenvalue weighted by Crippen LogP contribution is -2.32. The normalized spacial score (nSPS) is 15.6. The molecule has 1 N–H and O–H groups in total. The molecule has 10 nitrogen and oxygen atoms in total. The molecule has 13 heteroatoms. The Labute approximate surface area is 202 Å². The molecule has 3 heterocycles.